The third-order valence-electron chi connectivity index (χ3n) is 2.31. The molecule has 0 radical (unpaired) electrons. The van der Waals surface area contributed by atoms with Crippen LogP contribution in [0.15, 0.2) is 24.5 Å². The van der Waals surface area contributed by atoms with Gasteiger partial charge in [-0.15, -0.1) is 0 Å². The van der Waals surface area contributed by atoms with Gasteiger partial charge >= 0.3 is 0 Å². The topological polar surface area (TPSA) is 56.2 Å². The second-order valence-electron chi connectivity index (χ2n) is 4.55. The monoisotopic (exact) mass is 204 g/mol. The van der Waals surface area contributed by atoms with Gasteiger partial charge in [-0.05, 0) is 32.8 Å². The van der Waals surface area contributed by atoms with Gasteiger partial charge in [0.15, 0.2) is 5.65 Å². The van der Waals surface area contributed by atoms with Crippen molar-refractivity contribution < 1.29 is 0 Å². The van der Waals surface area contributed by atoms with Crippen molar-refractivity contribution in [3.8, 4) is 0 Å². The van der Waals surface area contributed by atoms with Crippen molar-refractivity contribution in [2.24, 2.45) is 5.73 Å². The van der Waals surface area contributed by atoms with Gasteiger partial charge in [-0.25, -0.2) is 9.50 Å². The molecule has 15 heavy (non-hydrogen) atoms. The van der Waals surface area contributed by atoms with Gasteiger partial charge in [0.1, 0.15) is 0 Å². The standard InChI is InChI=1S/C11H16N4/c1-11(2,12)5-4-9-8-10-13-6-3-7-15(10)14-9/h3,6-8H,4-5,12H2,1-2H3. The highest BCUT2D eigenvalue weighted by atomic mass is 15.2. The molecule has 0 atom stereocenters. The molecule has 0 aliphatic rings. The zero-order valence-corrected chi connectivity index (χ0v) is 9.14. The van der Waals surface area contributed by atoms with Crippen molar-refractivity contribution in [2.75, 3.05) is 0 Å². The molecule has 0 bridgehead atoms. The highest BCUT2D eigenvalue weighted by Crippen LogP contribution is 2.11. The van der Waals surface area contributed by atoms with E-state index in [1.165, 1.54) is 0 Å². The molecule has 0 unspecified atom stereocenters. The van der Waals surface area contributed by atoms with E-state index in [2.05, 4.69) is 10.1 Å². The second kappa shape index (κ2) is 3.62. The molecule has 80 valence electrons. The van der Waals surface area contributed by atoms with Crippen LogP contribution in [0.2, 0.25) is 0 Å². The van der Waals surface area contributed by atoms with Gasteiger partial charge in [0.2, 0.25) is 0 Å². The van der Waals surface area contributed by atoms with Gasteiger partial charge in [-0.3, -0.25) is 0 Å². The summed E-state index contributed by atoms with van der Waals surface area (Å²) in [7, 11) is 0. The Labute approximate surface area is 89.1 Å². The summed E-state index contributed by atoms with van der Waals surface area (Å²) in [5, 5.41) is 4.41. The van der Waals surface area contributed by atoms with Crippen molar-refractivity contribution >= 4 is 5.65 Å². The average molecular weight is 204 g/mol. The maximum atomic E-state index is 5.93. The summed E-state index contributed by atoms with van der Waals surface area (Å²) in [5.74, 6) is 0. The van der Waals surface area contributed by atoms with Crippen LogP contribution in [-0.4, -0.2) is 20.1 Å². The largest absolute Gasteiger partial charge is 0.326 e. The lowest BCUT2D eigenvalue weighted by Gasteiger charge is -2.16. The first-order valence-corrected chi connectivity index (χ1v) is 5.13. The fourth-order valence-electron chi connectivity index (χ4n) is 1.45. The molecule has 2 aromatic heterocycles. The lowest BCUT2D eigenvalue weighted by atomic mass is 9.99. The Bertz CT molecular complexity index is 420. The van der Waals surface area contributed by atoms with E-state index < -0.39 is 0 Å². The van der Waals surface area contributed by atoms with E-state index in [0.717, 1.165) is 24.2 Å². The van der Waals surface area contributed by atoms with Gasteiger partial charge in [0.05, 0.1) is 5.69 Å². The van der Waals surface area contributed by atoms with Crippen LogP contribution in [0.5, 0.6) is 0 Å². The summed E-state index contributed by atoms with van der Waals surface area (Å²) in [6.45, 7) is 4.06. The molecule has 4 heteroatoms. The Kier molecular flexibility index (Phi) is 2.44. The van der Waals surface area contributed by atoms with Crippen LogP contribution in [0.3, 0.4) is 0 Å². The Morgan fingerprint density at radius 3 is 2.93 bits per heavy atom. The van der Waals surface area contributed by atoms with Crippen LogP contribution in [-0.2, 0) is 6.42 Å². The first kappa shape index (κ1) is 10.1. The molecular formula is C11H16N4. The van der Waals surface area contributed by atoms with Crippen molar-refractivity contribution in [1.82, 2.24) is 14.6 Å². The summed E-state index contributed by atoms with van der Waals surface area (Å²) in [6, 6.07) is 3.88. The van der Waals surface area contributed by atoms with Crippen molar-refractivity contribution in [3.63, 3.8) is 0 Å². The Morgan fingerprint density at radius 1 is 1.47 bits per heavy atom. The first-order valence-electron chi connectivity index (χ1n) is 5.13. The molecule has 2 heterocycles. The van der Waals surface area contributed by atoms with Crippen LogP contribution in [0.4, 0.5) is 0 Å². The molecular weight excluding hydrogens is 188 g/mol. The maximum absolute atomic E-state index is 5.93. The number of hydrogen-bond donors (Lipinski definition) is 1. The molecule has 2 aromatic rings. The van der Waals surface area contributed by atoms with Crippen LogP contribution in [0.25, 0.3) is 5.65 Å². The molecule has 0 aliphatic carbocycles. The minimum absolute atomic E-state index is 0.136. The minimum Gasteiger partial charge on any atom is -0.326 e. The molecule has 0 aliphatic heterocycles. The predicted octanol–water partition coefficient (Wildman–Crippen LogP) is 1.40. The second-order valence-corrected chi connectivity index (χ2v) is 4.55. The number of fused-ring (bicyclic) bond motifs is 1. The summed E-state index contributed by atoms with van der Waals surface area (Å²) in [6.07, 6.45) is 5.50. The lowest BCUT2D eigenvalue weighted by Crippen LogP contribution is -2.32. The van der Waals surface area contributed by atoms with Gasteiger partial charge in [-0.1, -0.05) is 0 Å². The molecule has 0 saturated carbocycles. The third-order valence-corrected chi connectivity index (χ3v) is 2.31. The zero-order chi connectivity index (χ0) is 10.9. The van der Waals surface area contributed by atoms with E-state index in [4.69, 9.17) is 5.73 Å². The Morgan fingerprint density at radius 2 is 2.27 bits per heavy atom. The third kappa shape index (κ3) is 2.53. The molecule has 4 nitrogen and oxygen atoms in total. The molecule has 2 rings (SSSR count). The van der Waals surface area contributed by atoms with E-state index >= 15 is 0 Å². The van der Waals surface area contributed by atoms with Crippen molar-refractivity contribution in [1.29, 1.82) is 0 Å². The van der Waals surface area contributed by atoms with E-state index in [0.29, 0.717) is 0 Å². The first-order chi connectivity index (χ1) is 7.04. The highest BCUT2D eigenvalue weighted by Gasteiger charge is 2.11. The fourth-order valence-corrected chi connectivity index (χ4v) is 1.45. The summed E-state index contributed by atoms with van der Waals surface area (Å²) in [5.41, 5.74) is 7.73. The van der Waals surface area contributed by atoms with E-state index in [-0.39, 0.29) is 5.54 Å². The quantitative estimate of drug-likeness (QED) is 0.822. The molecule has 0 saturated heterocycles. The van der Waals surface area contributed by atoms with Crippen molar-refractivity contribution in [2.45, 2.75) is 32.2 Å². The van der Waals surface area contributed by atoms with E-state index in [1.54, 1.807) is 10.7 Å². The summed E-state index contributed by atoms with van der Waals surface area (Å²) in [4.78, 5) is 4.22. The summed E-state index contributed by atoms with van der Waals surface area (Å²) < 4.78 is 1.79. The number of aromatic nitrogens is 3. The van der Waals surface area contributed by atoms with Crippen LogP contribution < -0.4 is 5.73 Å². The minimum atomic E-state index is -0.136. The molecule has 0 spiro atoms. The van der Waals surface area contributed by atoms with Gasteiger partial charge in [0, 0.05) is 24.0 Å². The normalized spacial score (nSPS) is 12.2. The highest BCUT2D eigenvalue weighted by molar-refractivity contribution is 5.38. The number of rotatable bonds is 3. The maximum Gasteiger partial charge on any atom is 0.155 e. The molecule has 2 N–H and O–H groups in total. The zero-order valence-electron chi connectivity index (χ0n) is 9.14. The fraction of sp³-hybridized carbons (Fsp3) is 0.455. The Hall–Kier alpha value is -1.42. The van der Waals surface area contributed by atoms with Gasteiger partial charge in [-0.2, -0.15) is 5.10 Å². The average Bonchev–Trinajstić information content (AvgIpc) is 2.56. The molecule has 0 fully saturated rings. The number of hydrogen-bond acceptors (Lipinski definition) is 3. The SMILES string of the molecule is CC(C)(N)CCc1cc2ncccn2n1. The van der Waals surface area contributed by atoms with Gasteiger partial charge < -0.3 is 5.73 Å². The molecule has 0 aromatic carbocycles. The van der Waals surface area contributed by atoms with Crippen molar-refractivity contribution in [3.05, 3.63) is 30.2 Å². The van der Waals surface area contributed by atoms with Crippen LogP contribution in [0, 0.1) is 0 Å². The lowest BCUT2D eigenvalue weighted by molar-refractivity contribution is 0.473. The summed E-state index contributed by atoms with van der Waals surface area (Å²) >= 11 is 0. The predicted molar refractivity (Wildman–Crippen MR) is 59.6 cm³/mol. The molecule has 0 amide bonds. The number of nitrogens with two attached hydrogens (primary N) is 1. The number of aryl methyl sites for hydroxylation is 1. The number of nitrogens with zero attached hydrogens (tertiary/aromatic N) is 3. The smallest absolute Gasteiger partial charge is 0.155 e. The van der Waals surface area contributed by atoms with Crippen LogP contribution in [0.1, 0.15) is 26.0 Å². The van der Waals surface area contributed by atoms with Crippen LogP contribution >= 0.6 is 0 Å². The van der Waals surface area contributed by atoms with E-state index in [9.17, 15) is 0 Å². The van der Waals surface area contributed by atoms with Gasteiger partial charge in [0.25, 0.3) is 0 Å². The Balaban J connectivity index is 2.16. The van der Waals surface area contributed by atoms with E-state index in [1.807, 2.05) is 32.2 Å².